The van der Waals surface area contributed by atoms with Gasteiger partial charge in [-0.1, -0.05) is 39.5 Å². The van der Waals surface area contributed by atoms with Crippen LogP contribution in [0, 0.1) is 23.7 Å². The fraction of sp³-hybridized carbons (Fsp3) is 0.875. The molecule has 0 heterocycles. The van der Waals surface area contributed by atoms with Crippen molar-refractivity contribution in [1.82, 2.24) is 0 Å². The van der Waals surface area contributed by atoms with Gasteiger partial charge in [0.1, 0.15) is 0 Å². The van der Waals surface area contributed by atoms with Gasteiger partial charge in [0.2, 0.25) is 0 Å². The molecule has 0 radical (unpaired) electrons. The zero-order valence-corrected chi connectivity index (χ0v) is 12.2. The largest absolute Gasteiger partial charge is 0.393 e. The molecule has 2 fully saturated rings. The molecule has 2 saturated carbocycles. The summed E-state index contributed by atoms with van der Waals surface area (Å²) in [6.07, 6.45) is 8.08. The normalized spacial score (nSPS) is 35.7. The van der Waals surface area contributed by atoms with Gasteiger partial charge >= 0.3 is 11.9 Å². The average molecular weight is 266 g/mol. The van der Waals surface area contributed by atoms with Crippen molar-refractivity contribution in [2.24, 2.45) is 23.7 Å². The van der Waals surface area contributed by atoms with Gasteiger partial charge in [-0.2, -0.15) is 0 Å². The van der Waals surface area contributed by atoms with Crippen LogP contribution in [0.25, 0.3) is 0 Å². The summed E-state index contributed by atoms with van der Waals surface area (Å²) in [6, 6.07) is 0. The van der Waals surface area contributed by atoms with Crippen LogP contribution < -0.4 is 0 Å². The van der Waals surface area contributed by atoms with Crippen LogP contribution in [-0.2, 0) is 14.3 Å². The Bertz CT molecular complexity index is 305. The standard InChI is InChI=1S/C16H26O3/c1-11-5-3-7-13(9-11)15(17)19-16(18)14-8-4-6-12(2)10-14/h11-14H,3-10H2,1-2H3/t11-,12+,13-,14-/m0/s1. The van der Waals surface area contributed by atoms with E-state index in [4.69, 9.17) is 4.74 Å². The van der Waals surface area contributed by atoms with Crippen LogP contribution in [-0.4, -0.2) is 11.9 Å². The Morgan fingerprint density at radius 3 is 1.58 bits per heavy atom. The van der Waals surface area contributed by atoms with Crippen molar-refractivity contribution < 1.29 is 14.3 Å². The number of ether oxygens (including phenoxy) is 1. The Morgan fingerprint density at radius 2 is 1.21 bits per heavy atom. The van der Waals surface area contributed by atoms with Crippen molar-refractivity contribution in [3.63, 3.8) is 0 Å². The van der Waals surface area contributed by atoms with Gasteiger partial charge in [0.15, 0.2) is 0 Å². The van der Waals surface area contributed by atoms with E-state index in [1.807, 2.05) is 0 Å². The fourth-order valence-electron chi connectivity index (χ4n) is 3.56. The van der Waals surface area contributed by atoms with E-state index < -0.39 is 0 Å². The van der Waals surface area contributed by atoms with Crippen molar-refractivity contribution in [2.75, 3.05) is 0 Å². The van der Waals surface area contributed by atoms with E-state index in [1.54, 1.807) is 0 Å². The lowest BCUT2D eigenvalue weighted by molar-refractivity contribution is -0.167. The maximum absolute atomic E-state index is 12.0. The molecule has 4 atom stereocenters. The number of carbonyl (C=O) groups excluding carboxylic acids is 2. The molecular formula is C16H26O3. The molecule has 2 rings (SSSR count). The summed E-state index contributed by atoms with van der Waals surface area (Å²) in [7, 11) is 0. The van der Waals surface area contributed by atoms with Crippen molar-refractivity contribution in [1.29, 1.82) is 0 Å². The maximum atomic E-state index is 12.0. The quantitative estimate of drug-likeness (QED) is 0.565. The zero-order chi connectivity index (χ0) is 13.8. The van der Waals surface area contributed by atoms with Gasteiger partial charge in [0, 0.05) is 0 Å². The van der Waals surface area contributed by atoms with Crippen LogP contribution in [0.15, 0.2) is 0 Å². The molecule has 19 heavy (non-hydrogen) atoms. The molecule has 108 valence electrons. The Hall–Kier alpha value is -0.860. The Balaban J connectivity index is 1.82. The summed E-state index contributed by atoms with van der Waals surface area (Å²) < 4.78 is 5.15. The van der Waals surface area contributed by atoms with Crippen LogP contribution in [0.5, 0.6) is 0 Å². The van der Waals surface area contributed by atoms with Gasteiger partial charge in [0.25, 0.3) is 0 Å². The second-order valence-electron chi connectivity index (χ2n) is 6.68. The van der Waals surface area contributed by atoms with Gasteiger partial charge in [-0.25, -0.2) is 0 Å². The zero-order valence-electron chi connectivity index (χ0n) is 12.2. The van der Waals surface area contributed by atoms with Crippen molar-refractivity contribution in [3.05, 3.63) is 0 Å². The molecule has 2 aliphatic rings. The van der Waals surface area contributed by atoms with E-state index in [0.29, 0.717) is 11.8 Å². The molecule has 0 aliphatic heterocycles. The summed E-state index contributed by atoms with van der Waals surface area (Å²) in [5.74, 6) is 0.527. The van der Waals surface area contributed by atoms with Crippen molar-refractivity contribution >= 4 is 11.9 Å². The maximum Gasteiger partial charge on any atom is 0.316 e. The average Bonchev–Trinajstić information content (AvgIpc) is 2.38. The molecule has 3 heteroatoms. The van der Waals surface area contributed by atoms with Gasteiger partial charge in [0.05, 0.1) is 11.8 Å². The molecular weight excluding hydrogens is 240 g/mol. The molecule has 0 aromatic heterocycles. The highest BCUT2D eigenvalue weighted by atomic mass is 16.6. The van der Waals surface area contributed by atoms with E-state index in [0.717, 1.165) is 38.5 Å². The summed E-state index contributed by atoms with van der Waals surface area (Å²) in [6.45, 7) is 4.34. The first kappa shape index (κ1) is 14.5. The molecule has 0 N–H and O–H groups in total. The Kier molecular flexibility index (Phi) is 5.00. The van der Waals surface area contributed by atoms with E-state index in [2.05, 4.69) is 13.8 Å². The molecule has 0 aromatic carbocycles. The third-order valence-corrected chi connectivity index (χ3v) is 4.74. The highest BCUT2D eigenvalue weighted by Crippen LogP contribution is 2.32. The molecule has 0 spiro atoms. The lowest BCUT2D eigenvalue weighted by Gasteiger charge is -2.27. The third kappa shape index (κ3) is 4.05. The molecule has 3 nitrogen and oxygen atoms in total. The van der Waals surface area contributed by atoms with Gasteiger partial charge < -0.3 is 4.74 Å². The van der Waals surface area contributed by atoms with Crippen molar-refractivity contribution in [3.8, 4) is 0 Å². The van der Waals surface area contributed by atoms with Gasteiger partial charge in [-0.05, 0) is 37.5 Å². The number of hydrogen-bond donors (Lipinski definition) is 0. The SMILES string of the molecule is C[C@@H]1CCC[C@H](C(=O)OC(=O)[C@H]2CCC[C@H](C)C2)C1. The highest BCUT2D eigenvalue weighted by molar-refractivity contribution is 5.88. The predicted octanol–water partition coefficient (Wildman–Crippen LogP) is 3.71. The van der Waals surface area contributed by atoms with E-state index >= 15 is 0 Å². The first-order valence-corrected chi connectivity index (χ1v) is 7.81. The lowest BCUT2D eigenvalue weighted by Crippen LogP contribution is -2.30. The number of carbonyl (C=O) groups is 2. The molecule has 0 saturated heterocycles. The molecule has 0 unspecified atom stereocenters. The minimum Gasteiger partial charge on any atom is -0.393 e. The first-order chi connectivity index (χ1) is 9.06. The molecule has 0 bridgehead atoms. The summed E-state index contributed by atoms with van der Waals surface area (Å²) in [4.78, 5) is 24.1. The van der Waals surface area contributed by atoms with Crippen LogP contribution >= 0.6 is 0 Å². The van der Waals surface area contributed by atoms with Gasteiger partial charge in [-0.15, -0.1) is 0 Å². The summed E-state index contributed by atoms with van der Waals surface area (Å²) >= 11 is 0. The van der Waals surface area contributed by atoms with E-state index in [9.17, 15) is 9.59 Å². The second-order valence-corrected chi connectivity index (χ2v) is 6.68. The van der Waals surface area contributed by atoms with E-state index in [1.165, 1.54) is 12.8 Å². The third-order valence-electron chi connectivity index (χ3n) is 4.74. The predicted molar refractivity (Wildman–Crippen MR) is 73.3 cm³/mol. The minimum atomic E-state index is -0.269. The highest BCUT2D eigenvalue weighted by Gasteiger charge is 2.32. The number of hydrogen-bond acceptors (Lipinski definition) is 3. The summed E-state index contributed by atoms with van der Waals surface area (Å²) in [5.41, 5.74) is 0. The van der Waals surface area contributed by atoms with Gasteiger partial charge in [-0.3, -0.25) is 9.59 Å². The van der Waals surface area contributed by atoms with Crippen LogP contribution in [0.2, 0.25) is 0 Å². The Morgan fingerprint density at radius 1 is 0.789 bits per heavy atom. The van der Waals surface area contributed by atoms with E-state index in [-0.39, 0.29) is 23.8 Å². The van der Waals surface area contributed by atoms with Crippen LogP contribution in [0.4, 0.5) is 0 Å². The first-order valence-electron chi connectivity index (χ1n) is 7.81. The monoisotopic (exact) mass is 266 g/mol. The smallest absolute Gasteiger partial charge is 0.316 e. The topological polar surface area (TPSA) is 43.4 Å². The number of rotatable bonds is 2. The fourth-order valence-corrected chi connectivity index (χ4v) is 3.56. The lowest BCUT2D eigenvalue weighted by atomic mass is 9.82. The van der Waals surface area contributed by atoms with Crippen LogP contribution in [0.3, 0.4) is 0 Å². The minimum absolute atomic E-state index is 0.0475. The van der Waals surface area contributed by atoms with Crippen molar-refractivity contribution in [2.45, 2.75) is 65.2 Å². The Labute approximate surface area is 116 Å². The summed E-state index contributed by atoms with van der Waals surface area (Å²) in [5, 5.41) is 0. The van der Waals surface area contributed by atoms with Crippen LogP contribution in [0.1, 0.15) is 65.2 Å². The second kappa shape index (κ2) is 6.53. The molecule has 0 amide bonds. The molecule has 2 aliphatic carbocycles. The number of esters is 2. The molecule has 0 aromatic rings.